The van der Waals surface area contributed by atoms with E-state index >= 15 is 0 Å². The van der Waals surface area contributed by atoms with Crippen molar-refractivity contribution >= 4 is 89.5 Å². The van der Waals surface area contributed by atoms with Gasteiger partial charge in [0.25, 0.3) is 6.71 Å². The summed E-state index contributed by atoms with van der Waals surface area (Å²) >= 11 is 0. The minimum absolute atomic E-state index is 0.00982. The van der Waals surface area contributed by atoms with E-state index in [0.717, 1.165) is 25.7 Å². The highest BCUT2D eigenvalue weighted by atomic mass is 15.2. The summed E-state index contributed by atoms with van der Waals surface area (Å²) in [5.74, 6) is 0. The normalized spacial score (nSPS) is 14.5. The van der Waals surface area contributed by atoms with Crippen molar-refractivity contribution < 1.29 is 0 Å². The Morgan fingerprint density at radius 1 is 0.420 bits per heavy atom. The quantitative estimate of drug-likeness (QED) is 0.116. The molecule has 9 aromatic carbocycles. The molecule has 0 N–H and O–H groups in total. The summed E-state index contributed by atoms with van der Waals surface area (Å²) < 4.78 is 0. The van der Waals surface area contributed by atoms with Gasteiger partial charge in [-0.2, -0.15) is 0 Å². The molecule has 0 spiro atoms. The highest BCUT2D eigenvalue weighted by molar-refractivity contribution is 7.00. The van der Waals surface area contributed by atoms with Gasteiger partial charge in [0.1, 0.15) is 0 Å². The summed E-state index contributed by atoms with van der Waals surface area (Å²) in [4.78, 5) is 5.32. The van der Waals surface area contributed by atoms with Gasteiger partial charge in [-0.3, -0.25) is 0 Å². The number of rotatable bonds is 7. The van der Waals surface area contributed by atoms with Gasteiger partial charge in [0.05, 0.1) is 5.69 Å². The van der Waals surface area contributed by atoms with Crippen LogP contribution in [0.4, 0.5) is 34.1 Å². The van der Waals surface area contributed by atoms with Crippen LogP contribution in [0, 0.1) is 0 Å². The van der Waals surface area contributed by atoms with Crippen LogP contribution in [0.5, 0.6) is 0 Å². The molecule has 3 heteroatoms. The monoisotopic (exact) mass is 897 g/mol. The molecule has 2 nitrogen and oxygen atoms in total. The molecule has 0 aromatic heterocycles. The number of hydrogen-bond acceptors (Lipinski definition) is 2. The van der Waals surface area contributed by atoms with E-state index in [1.165, 1.54) is 135 Å². The third kappa shape index (κ3) is 6.81. The van der Waals surface area contributed by atoms with E-state index in [9.17, 15) is 0 Å². The van der Waals surface area contributed by atoms with E-state index in [0.29, 0.717) is 0 Å². The summed E-state index contributed by atoms with van der Waals surface area (Å²) in [6.07, 6.45) is 6.88. The van der Waals surface area contributed by atoms with E-state index < -0.39 is 0 Å². The van der Waals surface area contributed by atoms with Crippen LogP contribution in [0.15, 0.2) is 158 Å². The average molecular weight is 897 g/mol. The van der Waals surface area contributed by atoms with E-state index in [2.05, 4.69) is 230 Å². The van der Waals surface area contributed by atoms with Crippen LogP contribution in [-0.2, 0) is 29.1 Å². The zero-order valence-corrected chi connectivity index (χ0v) is 42.2. The molecular formula is C66H65BN2. The van der Waals surface area contributed by atoms with Crippen molar-refractivity contribution in [2.45, 2.75) is 117 Å². The lowest BCUT2D eigenvalue weighted by Crippen LogP contribution is -2.61. The summed E-state index contributed by atoms with van der Waals surface area (Å²) in [6.45, 7) is 21.4. The molecule has 0 bridgehead atoms. The molecule has 1 aliphatic carbocycles. The van der Waals surface area contributed by atoms with Gasteiger partial charge < -0.3 is 9.80 Å². The second-order valence-electron chi connectivity index (χ2n) is 22.8. The Morgan fingerprint density at radius 2 is 0.913 bits per heavy atom. The molecule has 12 rings (SSSR count). The summed E-state index contributed by atoms with van der Waals surface area (Å²) in [7, 11) is 0. The molecule has 0 fully saturated rings. The molecule has 3 aliphatic rings. The van der Waals surface area contributed by atoms with Crippen molar-refractivity contribution in [3.8, 4) is 11.1 Å². The Hall–Kier alpha value is -6.58. The van der Waals surface area contributed by atoms with Crippen LogP contribution in [0.3, 0.4) is 0 Å². The average Bonchev–Trinajstić information content (AvgIpc) is 3.37. The molecule has 0 radical (unpaired) electrons. The van der Waals surface area contributed by atoms with Crippen LogP contribution >= 0.6 is 0 Å². The first kappa shape index (κ1) is 43.7. The van der Waals surface area contributed by atoms with Crippen LogP contribution < -0.4 is 26.2 Å². The molecule has 0 saturated heterocycles. The van der Waals surface area contributed by atoms with E-state index in [4.69, 9.17) is 0 Å². The Bertz CT molecular complexity index is 3510. The maximum atomic E-state index is 2.67. The molecule has 2 heterocycles. The van der Waals surface area contributed by atoms with Gasteiger partial charge in [0.15, 0.2) is 0 Å². The van der Waals surface area contributed by atoms with Crippen LogP contribution in [-0.4, -0.2) is 6.71 Å². The van der Waals surface area contributed by atoms with E-state index in [1.807, 2.05) is 0 Å². The lowest BCUT2D eigenvalue weighted by Gasteiger charge is -2.46. The third-order valence-corrected chi connectivity index (χ3v) is 17.1. The predicted molar refractivity (Wildman–Crippen MR) is 300 cm³/mol. The second kappa shape index (κ2) is 16.0. The van der Waals surface area contributed by atoms with Crippen LogP contribution in [0.25, 0.3) is 43.4 Å². The molecule has 0 atom stereocenters. The number of fused-ring (bicyclic) bond motifs is 11. The van der Waals surface area contributed by atoms with E-state index in [-0.39, 0.29) is 23.0 Å². The number of hydrogen-bond donors (Lipinski definition) is 0. The third-order valence-electron chi connectivity index (χ3n) is 17.1. The number of aryl methyl sites for hydroxylation is 1. The first-order valence-corrected chi connectivity index (χ1v) is 25.9. The molecule has 0 unspecified atom stereocenters. The van der Waals surface area contributed by atoms with Gasteiger partial charge in [0.2, 0.25) is 0 Å². The minimum Gasteiger partial charge on any atom is -0.311 e. The molecular weight excluding hydrogens is 832 g/mol. The van der Waals surface area contributed by atoms with Gasteiger partial charge in [-0.15, -0.1) is 0 Å². The molecule has 69 heavy (non-hydrogen) atoms. The van der Waals surface area contributed by atoms with Gasteiger partial charge >= 0.3 is 0 Å². The zero-order valence-electron chi connectivity index (χ0n) is 42.2. The highest BCUT2D eigenvalue weighted by Crippen LogP contribution is 2.50. The Morgan fingerprint density at radius 3 is 1.49 bits per heavy atom. The van der Waals surface area contributed by atoms with Crippen molar-refractivity contribution in [3.05, 3.63) is 186 Å². The Kier molecular flexibility index (Phi) is 10.1. The van der Waals surface area contributed by atoms with Crippen molar-refractivity contribution in [3.63, 3.8) is 0 Å². The van der Waals surface area contributed by atoms with Gasteiger partial charge in [-0.05, 0) is 185 Å². The number of anilines is 6. The summed E-state index contributed by atoms with van der Waals surface area (Å²) in [6, 6.07) is 61.8. The lowest BCUT2D eigenvalue weighted by molar-refractivity contribution is 0.506. The molecule has 9 aromatic rings. The van der Waals surface area contributed by atoms with Crippen molar-refractivity contribution in [2.24, 2.45) is 0 Å². The summed E-state index contributed by atoms with van der Waals surface area (Å²) in [5.41, 5.74) is 21.5. The fraction of sp³-hybridized carbons (Fsp3) is 0.273. The largest absolute Gasteiger partial charge is 0.311 e. The first-order valence-electron chi connectivity index (χ1n) is 25.9. The maximum absolute atomic E-state index is 2.67. The highest BCUT2D eigenvalue weighted by Gasteiger charge is 2.45. The van der Waals surface area contributed by atoms with Gasteiger partial charge in [-0.25, -0.2) is 0 Å². The van der Waals surface area contributed by atoms with E-state index in [1.54, 1.807) is 0 Å². The smallest absolute Gasteiger partial charge is 0.252 e. The van der Waals surface area contributed by atoms with Crippen molar-refractivity contribution in [1.82, 2.24) is 0 Å². The standard InChI is InChI=1S/C66H65BN2/c1-10-65(6,7)45-32-36-59-55(40-45)67-56-41-46(66(8,9)11-2)33-37-60(56)69(62-29-19-28-61(63(62)67)68(59)57-27-18-21-42-20-12-13-22-47(42)57)58-35-31-44(64(3,4)5)39-53(58)43-30-34-52-50-25-15-14-23-48(50)49-24-16-17-26-51(49)54(52)38-43/h14-19,21,23-41H,10-13,20,22H2,1-9H3. The minimum atomic E-state index is -0.0481. The number of nitrogens with zero attached hydrogens (tertiary/aromatic N) is 2. The number of benzene rings is 9. The van der Waals surface area contributed by atoms with Gasteiger partial charge in [0, 0.05) is 34.0 Å². The van der Waals surface area contributed by atoms with Crippen LogP contribution in [0.1, 0.15) is 116 Å². The molecule has 2 aliphatic heterocycles. The lowest BCUT2D eigenvalue weighted by atomic mass is 9.33. The first-order chi connectivity index (χ1) is 33.3. The molecule has 342 valence electrons. The molecule has 0 saturated carbocycles. The zero-order chi connectivity index (χ0) is 47.6. The SMILES string of the molecule is CCC(C)(C)c1ccc2c(c1)B1c3cc(C(C)(C)CC)ccc3N(c3cccc4c3CCCC4)c3cccc(c31)N2c1ccc(C(C)(C)C)cc1-c1ccc2c3ccccc3c3ccccc3c2c1. The second-order valence-corrected chi connectivity index (χ2v) is 22.8. The Balaban J connectivity index is 1.17. The van der Waals surface area contributed by atoms with Crippen molar-refractivity contribution in [1.29, 1.82) is 0 Å². The predicted octanol–water partition coefficient (Wildman–Crippen LogP) is 16.4. The van der Waals surface area contributed by atoms with Gasteiger partial charge in [-0.1, -0.05) is 172 Å². The fourth-order valence-corrected chi connectivity index (χ4v) is 12.2. The Labute approximate surface area is 411 Å². The summed E-state index contributed by atoms with van der Waals surface area (Å²) in [5, 5.41) is 7.79. The molecule has 0 amide bonds. The topological polar surface area (TPSA) is 6.48 Å². The van der Waals surface area contributed by atoms with Crippen molar-refractivity contribution in [2.75, 3.05) is 9.80 Å². The van der Waals surface area contributed by atoms with Crippen LogP contribution in [0.2, 0.25) is 0 Å². The maximum Gasteiger partial charge on any atom is 0.252 e. The fourth-order valence-electron chi connectivity index (χ4n) is 12.2.